The maximum absolute atomic E-state index is 13.6. The van der Waals surface area contributed by atoms with E-state index in [-0.39, 0.29) is 16.9 Å². The van der Waals surface area contributed by atoms with Gasteiger partial charge >= 0.3 is 0 Å². The summed E-state index contributed by atoms with van der Waals surface area (Å²) in [4.78, 5) is 27.6. The quantitative estimate of drug-likeness (QED) is 0.130. The summed E-state index contributed by atoms with van der Waals surface area (Å²) in [6.45, 7) is -0.563. The van der Waals surface area contributed by atoms with E-state index < -0.39 is 81.5 Å². The highest BCUT2D eigenvalue weighted by Gasteiger charge is 2.57. The van der Waals surface area contributed by atoms with E-state index in [0.29, 0.717) is 22.4 Å². The molecule has 0 saturated carbocycles. The maximum Gasteiger partial charge on any atom is 0.248 e. The summed E-state index contributed by atoms with van der Waals surface area (Å²) in [5.41, 5.74) is 2.13. The molecule has 0 spiro atoms. The number of para-hydroxylation sites is 1. The molecule has 6 rings (SSSR count). The monoisotopic (exact) mass is 677 g/mol. The molecule has 2 fully saturated rings. The molecule has 2 aliphatic heterocycles. The van der Waals surface area contributed by atoms with E-state index in [0.717, 1.165) is 12.1 Å². The molecule has 0 aromatic heterocycles. The fourth-order valence-corrected chi connectivity index (χ4v) is 7.99. The third-order valence-electron chi connectivity index (χ3n) is 8.78. The Kier molecular flexibility index (Phi) is 9.18. The highest BCUT2D eigenvalue weighted by Crippen LogP contribution is 2.46. The van der Waals surface area contributed by atoms with Crippen LogP contribution in [0.25, 0.3) is 11.1 Å². The van der Waals surface area contributed by atoms with Crippen molar-refractivity contribution in [1.29, 1.82) is 0 Å². The van der Waals surface area contributed by atoms with E-state index in [9.17, 15) is 47.9 Å². The number of aliphatic hydroxyl groups is 4. The average Bonchev–Trinajstić information content (AvgIpc) is 3.07. The van der Waals surface area contributed by atoms with Gasteiger partial charge in [0.05, 0.1) is 12.6 Å². The molecule has 11 nitrogen and oxygen atoms in total. The van der Waals surface area contributed by atoms with E-state index in [4.69, 9.17) is 4.74 Å². The topological polar surface area (TPSA) is 182 Å². The van der Waals surface area contributed by atoms with Gasteiger partial charge in [-0.2, -0.15) is 0 Å². The van der Waals surface area contributed by atoms with E-state index in [1.54, 1.807) is 60.7 Å². The van der Waals surface area contributed by atoms with Crippen LogP contribution in [0.3, 0.4) is 0 Å². The average molecular weight is 678 g/mol. The van der Waals surface area contributed by atoms with Crippen LogP contribution in [0.4, 0.5) is 10.1 Å². The normalized spacial score (nSPS) is 25.8. The number of sulfone groups is 1. The number of phenols is 1. The number of carbonyl (C=O) groups is 2. The Morgan fingerprint density at radius 2 is 1.48 bits per heavy atom. The van der Waals surface area contributed by atoms with Crippen LogP contribution >= 0.6 is 0 Å². The predicted octanol–water partition coefficient (Wildman–Crippen LogP) is 2.47. The first-order valence-electron chi connectivity index (χ1n) is 15.0. The fraction of sp³-hybridized carbons (Fsp3) is 0.257. The zero-order chi connectivity index (χ0) is 34.3. The molecule has 2 aliphatic rings. The second-order valence-corrected chi connectivity index (χ2v) is 13.9. The third kappa shape index (κ3) is 6.12. The van der Waals surface area contributed by atoms with Crippen molar-refractivity contribution in [2.45, 2.75) is 41.8 Å². The molecule has 0 radical (unpaired) electrons. The predicted molar refractivity (Wildman–Crippen MR) is 171 cm³/mol. The number of nitrogens with zero attached hydrogens (tertiary/aromatic N) is 1. The Balaban J connectivity index is 1.28. The van der Waals surface area contributed by atoms with Gasteiger partial charge in [-0.15, -0.1) is 0 Å². The molecule has 1 amide bonds. The molecule has 2 saturated heterocycles. The number of Topliss-reactive ketones (excluding diaryl/α,β-unsaturated/α-hetero) is 1. The highest BCUT2D eigenvalue weighted by atomic mass is 32.2. The molecule has 7 unspecified atom stereocenters. The van der Waals surface area contributed by atoms with Crippen molar-refractivity contribution in [2.75, 3.05) is 17.3 Å². The Hall–Kier alpha value is -4.50. The number of benzene rings is 4. The lowest BCUT2D eigenvalue weighted by molar-refractivity contribution is -0.231. The Morgan fingerprint density at radius 1 is 0.833 bits per heavy atom. The molecule has 2 heterocycles. The zero-order valence-electron chi connectivity index (χ0n) is 25.2. The van der Waals surface area contributed by atoms with Crippen molar-refractivity contribution in [3.8, 4) is 16.9 Å². The SMILES string of the molecule is O=C(CS(=O)(=O)C1C(=O)N(c2ccccc2)C1c1ccc(-c2ccc(C3OC(CO)C(O)C(O)C3O)cc2)cc1O)c1ccc(F)cc1. The van der Waals surface area contributed by atoms with Crippen LogP contribution < -0.4 is 4.90 Å². The molecule has 48 heavy (non-hydrogen) atoms. The standard InChI is InChI=1S/C35H32FNO10S/c36-23-13-10-20(11-14-23)27(40)18-48(45,46)34-29(37(35(34)44)24-4-2-1-3-5-24)25-15-12-22(16-26(25)39)19-6-8-21(9-7-19)33-32(43)31(42)30(41)28(17-38)47-33/h1-16,28-34,38-39,41-43H,17-18H2. The minimum Gasteiger partial charge on any atom is -0.508 e. The fourth-order valence-electron chi connectivity index (χ4n) is 6.20. The van der Waals surface area contributed by atoms with Gasteiger partial charge in [0.25, 0.3) is 0 Å². The van der Waals surface area contributed by atoms with Crippen molar-refractivity contribution < 1.29 is 52.7 Å². The number of hydrogen-bond donors (Lipinski definition) is 5. The molecule has 0 bridgehead atoms. The van der Waals surface area contributed by atoms with Crippen LogP contribution in [0, 0.1) is 5.82 Å². The van der Waals surface area contributed by atoms with Crippen molar-refractivity contribution in [3.05, 3.63) is 120 Å². The molecule has 0 aliphatic carbocycles. The summed E-state index contributed by atoms with van der Waals surface area (Å²) in [6.07, 6.45) is -6.58. The van der Waals surface area contributed by atoms with E-state index >= 15 is 0 Å². The number of rotatable bonds is 9. The van der Waals surface area contributed by atoms with Crippen LogP contribution in [0.1, 0.15) is 33.6 Å². The Labute approximate surface area is 275 Å². The summed E-state index contributed by atoms with van der Waals surface area (Å²) >= 11 is 0. The van der Waals surface area contributed by atoms with Crippen LogP contribution in [0.15, 0.2) is 97.1 Å². The van der Waals surface area contributed by atoms with Gasteiger partial charge in [0.15, 0.2) is 20.9 Å². The first kappa shape index (κ1) is 33.4. The van der Waals surface area contributed by atoms with Crippen molar-refractivity contribution in [3.63, 3.8) is 0 Å². The lowest BCUT2D eigenvalue weighted by Crippen LogP contribution is -2.63. The van der Waals surface area contributed by atoms with Gasteiger partial charge in [0, 0.05) is 16.8 Å². The summed E-state index contributed by atoms with van der Waals surface area (Å²) < 4.78 is 46.2. The second kappa shape index (κ2) is 13.2. The largest absolute Gasteiger partial charge is 0.508 e. The maximum atomic E-state index is 13.6. The minimum atomic E-state index is -4.41. The van der Waals surface area contributed by atoms with Crippen LogP contribution in [0.2, 0.25) is 0 Å². The molecule has 4 aromatic carbocycles. The first-order chi connectivity index (χ1) is 22.9. The summed E-state index contributed by atoms with van der Waals surface area (Å²) in [6, 6.07) is 22.7. The number of anilines is 1. The molecular formula is C35H32FNO10S. The number of β-lactam (4-membered cyclic amide) rings is 1. The van der Waals surface area contributed by atoms with Gasteiger partial charge < -0.3 is 35.2 Å². The smallest absolute Gasteiger partial charge is 0.248 e. The van der Waals surface area contributed by atoms with Gasteiger partial charge in [-0.1, -0.05) is 54.6 Å². The van der Waals surface area contributed by atoms with Crippen LogP contribution in [-0.4, -0.2) is 87.7 Å². The number of aliphatic hydroxyl groups excluding tert-OH is 4. The van der Waals surface area contributed by atoms with Crippen LogP contribution in [-0.2, 0) is 19.4 Å². The Bertz CT molecular complexity index is 1920. The summed E-state index contributed by atoms with van der Waals surface area (Å²) in [5, 5.41) is 49.8. The van der Waals surface area contributed by atoms with Crippen molar-refractivity contribution in [1.82, 2.24) is 0 Å². The van der Waals surface area contributed by atoms with Crippen molar-refractivity contribution in [2.24, 2.45) is 0 Å². The summed E-state index contributed by atoms with van der Waals surface area (Å²) in [7, 11) is -4.41. The number of halogens is 1. The van der Waals surface area contributed by atoms with Gasteiger partial charge in [-0.25, -0.2) is 12.8 Å². The van der Waals surface area contributed by atoms with Crippen LogP contribution in [0.5, 0.6) is 5.75 Å². The second-order valence-electron chi connectivity index (χ2n) is 11.8. The van der Waals surface area contributed by atoms with Gasteiger partial charge in [-0.05, 0) is 59.2 Å². The molecular weight excluding hydrogens is 645 g/mol. The van der Waals surface area contributed by atoms with Crippen molar-refractivity contribution >= 4 is 27.2 Å². The number of ether oxygens (including phenoxy) is 1. The number of aromatic hydroxyl groups is 1. The molecule has 250 valence electrons. The number of amides is 1. The summed E-state index contributed by atoms with van der Waals surface area (Å²) in [5.74, 6) is -3.44. The third-order valence-corrected chi connectivity index (χ3v) is 10.7. The number of ketones is 1. The molecule has 5 N–H and O–H groups in total. The lowest BCUT2D eigenvalue weighted by Gasteiger charge is -2.46. The molecule has 13 heteroatoms. The van der Waals surface area contributed by atoms with Gasteiger partial charge in [0.1, 0.15) is 47.8 Å². The first-order valence-corrected chi connectivity index (χ1v) is 16.7. The highest BCUT2D eigenvalue weighted by molar-refractivity contribution is 7.93. The minimum absolute atomic E-state index is 0.0204. The van der Waals surface area contributed by atoms with E-state index in [1.165, 1.54) is 29.2 Å². The zero-order valence-corrected chi connectivity index (χ0v) is 26.0. The molecule has 7 atom stereocenters. The van der Waals surface area contributed by atoms with Gasteiger partial charge in [-0.3, -0.25) is 9.59 Å². The van der Waals surface area contributed by atoms with E-state index in [2.05, 4.69) is 0 Å². The van der Waals surface area contributed by atoms with Gasteiger partial charge in [0.2, 0.25) is 5.91 Å². The lowest BCUT2D eigenvalue weighted by atomic mass is 9.89. The Morgan fingerprint density at radius 3 is 2.10 bits per heavy atom. The van der Waals surface area contributed by atoms with E-state index in [1.807, 2.05) is 0 Å². The molecule has 4 aromatic rings. The number of hydrogen-bond acceptors (Lipinski definition) is 10. The number of phenolic OH excluding ortho intramolecular Hbond substituents is 1. The number of carbonyl (C=O) groups excluding carboxylic acids is 2.